The molecule has 0 atom stereocenters. The van der Waals surface area contributed by atoms with Crippen LogP contribution in [0.15, 0.2) is 57.3 Å². The van der Waals surface area contributed by atoms with Crippen LogP contribution in [0.2, 0.25) is 0 Å². The number of aromatic nitrogens is 2. The van der Waals surface area contributed by atoms with Crippen LogP contribution in [0.5, 0.6) is 5.75 Å². The fourth-order valence-corrected chi connectivity index (χ4v) is 8.56. The van der Waals surface area contributed by atoms with Crippen molar-refractivity contribution in [2.24, 2.45) is 0 Å². The van der Waals surface area contributed by atoms with Gasteiger partial charge < -0.3 is 28.2 Å². The van der Waals surface area contributed by atoms with Gasteiger partial charge in [-0.1, -0.05) is 24.2 Å². The van der Waals surface area contributed by atoms with Crippen LogP contribution in [-0.2, 0) is 48.6 Å². The van der Waals surface area contributed by atoms with Crippen molar-refractivity contribution in [2.75, 3.05) is 45.1 Å². The molecule has 0 fully saturated rings. The highest BCUT2D eigenvalue weighted by molar-refractivity contribution is 7.95. The number of thiophene rings is 1. The van der Waals surface area contributed by atoms with Gasteiger partial charge in [-0.2, -0.15) is 0 Å². The molecule has 3 heterocycles. The van der Waals surface area contributed by atoms with E-state index in [0.29, 0.717) is 57.7 Å². The van der Waals surface area contributed by atoms with Crippen LogP contribution in [0.3, 0.4) is 0 Å². The Balaban J connectivity index is 1.50. The van der Waals surface area contributed by atoms with Gasteiger partial charge in [-0.25, -0.2) is 17.5 Å². The summed E-state index contributed by atoms with van der Waals surface area (Å²) in [7, 11) is -1.04. The van der Waals surface area contributed by atoms with Crippen LogP contribution in [0.1, 0.15) is 57.2 Å². The first-order chi connectivity index (χ1) is 24.5. The second-order valence-electron chi connectivity index (χ2n) is 11.8. The van der Waals surface area contributed by atoms with Gasteiger partial charge in [-0.05, 0) is 81.1 Å². The Hall–Kier alpha value is -4.34. The molecule has 0 aliphatic heterocycles. The monoisotopic (exact) mass is 737 g/mol. The summed E-state index contributed by atoms with van der Waals surface area (Å²) in [5.41, 5.74) is 5.44. The smallest absolute Gasteiger partial charge is 0.338 e. The lowest BCUT2D eigenvalue weighted by atomic mass is 9.99. The van der Waals surface area contributed by atoms with Crippen molar-refractivity contribution >= 4 is 44.1 Å². The zero-order valence-electron chi connectivity index (χ0n) is 29.9. The number of hydrogen-bond donors (Lipinski definition) is 0. The largest absolute Gasteiger partial charge is 0.488 e. The quantitative estimate of drug-likeness (QED) is 0.0546. The third-order valence-corrected chi connectivity index (χ3v) is 11.5. The van der Waals surface area contributed by atoms with Crippen molar-refractivity contribution in [2.45, 2.75) is 58.5 Å². The molecular formula is C37H43N3O9S2. The highest BCUT2D eigenvalue weighted by Gasteiger charge is 2.34. The molecular weight excluding hydrogens is 695 g/mol. The predicted octanol–water partition coefficient (Wildman–Crippen LogP) is 7.16. The molecule has 2 aromatic carbocycles. The van der Waals surface area contributed by atoms with E-state index in [2.05, 4.69) is 5.16 Å². The van der Waals surface area contributed by atoms with E-state index in [1.54, 1.807) is 53.2 Å². The zero-order chi connectivity index (χ0) is 36.7. The van der Waals surface area contributed by atoms with Gasteiger partial charge in [0, 0.05) is 47.4 Å². The number of sulfonamides is 1. The molecule has 51 heavy (non-hydrogen) atoms. The number of anilines is 1. The number of hydrogen-bond acceptors (Lipinski definition) is 12. The number of esters is 1. The van der Waals surface area contributed by atoms with Crippen LogP contribution in [0.4, 0.5) is 5.82 Å². The molecule has 272 valence electrons. The lowest BCUT2D eigenvalue weighted by molar-refractivity contribution is 0.0526. The van der Waals surface area contributed by atoms with Crippen LogP contribution in [-0.4, -0.2) is 65.3 Å². The number of pyridine rings is 1. The maximum absolute atomic E-state index is 14.5. The molecule has 0 radical (unpaired) electrons. The molecule has 0 N–H and O–H groups in total. The van der Waals surface area contributed by atoms with Gasteiger partial charge in [0.2, 0.25) is 0 Å². The second kappa shape index (κ2) is 16.8. The van der Waals surface area contributed by atoms with Gasteiger partial charge in [0.05, 0.1) is 37.5 Å². The van der Waals surface area contributed by atoms with E-state index in [-0.39, 0.29) is 43.2 Å². The highest BCUT2D eigenvalue weighted by Crippen LogP contribution is 2.40. The summed E-state index contributed by atoms with van der Waals surface area (Å²) in [6, 6.07) is 14.7. The first-order valence-corrected chi connectivity index (χ1v) is 18.7. The van der Waals surface area contributed by atoms with Crippen molar-refractivity contribution in [1.29, 1.82) is 0 Å². The summed E-state index contributed by atoms with van der Waals surface area (Å²) in [4.78, 5) is 18.0. The summed E-state index contributed by atoms with van der Waals surface area (Å²) in [5.74, 6) is 0.849. The Morgan fingerprint density at radius 1 is 0.941 bits per heavy atom. The molecule has 12 nitrogen and oxygen atoms in total. The number of carbonyl (C=O) groups is 1. The predicted molar refractivity (Wildman–Crippen MR) is 195 cm³/mol. The standard InChI is InChI=1S/C37H43N3O9S2/c1-8-29-19-34(32-18-27(36(41)47-9-2)11-13-33(32)38-29)48-20-26-10-12-30(28(17-26)21-45-7)31-16-23(3)50-37(31)51(42,43)40(22-46-15-14-44-6)35-24(4)25(5)49-39-35/h10-13,16-19H,8-9,14-15,20-22H2,1-7H3. The van der Waals surface area contributed by atoms with E-state index < -0.39 is 16.0 Å². The summed E-state index contributed by atoms with van der Waals surface area (Å²) < 4.78 is 63.6. The Morgan fingerprint density at radius 3 is 2.43 bits per heavy atom. The third-order valence-electron chi connectivity index (χ3n) is 8.21. The fourth-order valence-electron chi connectivity index (χ4n) is 5.47. The summed E-state index contributed by atoms with van der Waals surface area (Å²) >= 11 is 1.17. The highest BCUT2D eigenvalue weighted by atomic mass is 32.2. The average molecular weight is 738 g/mol. The number of benzene rings is 2. The molecule has 0 spiro atoms. The molecule has 5 aromatic rings. The third kappa shape index (κ3) is 8.42. The van der Waals surface area contributed by atoms with Crippen LogP contribution < -0.4 is 9.04 Å². The first kappa shape index (κ1) is 37.9. The van der Waals surface area contributed by atoms with Crippen molar-refractivity contribution < 1.29 is 41.4 Å². The Morgan fingerprint density at radius 2 is 1.75 bits per heavy atom. The number of fused-ring (bicyclic) bond motifs is 1. The average Bonchev–Trinajstić information content (AvgIpc) is 3.68. The summed E-state index contributed by atoms with van der Waals surface area (Å²) in [6.07, 6.45) is 0.705. The number of nitrogens with zero attached hydrogens (tertiary/aromatic N) is 3. The van der Waals surface area contributed by atoms with Crippen molar-refractivity contribution in [3.05, 3.63) is 87.1 Å². The van der Waals surface area contributed by atoms with Gasteiger partial charge in [-0.15, -0.1) is 11.3 Å². The van der Waals surface area contributed by atoms with E-state index in [4.69, 9.17) is 33.2 Å². The first-order valence-electron chi connectivity index (χ1n) is 16.5. The second-order valence-corrected chi connectivity index (χ2v) is 15.1. The maximum Gasteiger partial charge on any atom is 0.338 e. The van der Waals surface area contributed by atoms with E-state index in [1.807, 2.05) is 44.2 Å². The van der Waals surface area contributed by atoms with E-state index in [1.165, 1.54) is 11.3 Å². The molecule has 3 aromatic heterocycles. The molecule has 0 aliphatic carbocycles. The zero-order valence-corrected chi connectivity index (χ0v) is 31.5. The maximum atomic E-state index is 14.5. The molecule has 14 heteroatoms. The number of carbonyl (C=O) groups excluding carboxylic acids is 1. The fraction of sp³-hybridized carbons (Fsp3) is 0.378. The van der Waals surface area contributed by atoms with Gasteiger partial charge >= 0.3 is 5.97 Å². The van der Waals surface area contributed by atoms with Crippen LogP contribution in [0.25, 0.3) is 22.0 Å². The lowest BCUT2D eigenvalue weighted by Crippen LogP contribution is -2.34. The lowest BCUT2D eigenvalue weighted by Gasteiger charge is -2.22. The summed E-state index contributed by atoms with van der Waals surface area (Å²) in [6.45, 7) is 10.1. The molecule has 0 saturated carbocycles. The normalized spacial score (nSPS) is 11.7. The number of ether oxygens (including phenoxy) is 5. The molecule has 0 unspecified atom stereocenters. The topological polar surface area (TPSA) is 140 Å². The van der Waals surface area contributed by atoms with E-state index in [0.717, 1.165) is 26.0 Å². The Labute approximate surface area is 302 Å². The van der Waals surface area contributed by atoms with E-state index in [9.17, 15) is 13.2 Å². The van der Waals surface area contributed by atoms with Crippen molar-refractivity contribution in [1.82, 2.24) is 10.1 Å². The van der Waals surface area contributed by atoms with E-state index >= 15 is 0 Å². The summed E-state index contributed by atoms with van der Waals surface area (Å²) in [5, 5.41) is 4.77. The van der Waals surface area contributed by atoms with Crippen molar-refractivity contribution in [3.8, 4) is 16.9 Å². The minimum absolute atomic E-state index is 0.143. The van der Waals surface area contributed by atoms with Gasteiger partial charge in [-0.3, -0.25) is 4.98 Å². The minimum Gasteiger partial charge on any atom is -0.488 e. The molecule has 0 aliphatic rings. The Kier molecular flexibility index (Phi) is 12.5. The van der Waals surface area contributed by atoms with Gasteiger partial charge in [0.15, 0.2) is 5.82 Å². The van der Waals surface area contributed by atoms with Crippen LogP contribution >= 0.6 is 11.3 Å². The minimum atomic E-state index is -4.18. The molecule has 0 bridgehead atoms. The number of methoxy groups -OCH3 is 2. The van der Waals surface area contributed by atoms with Gasteiger partial charge in [0.25, 0.3) is 10.0 Å². The van der Waals surface area contributed by atoms with Crippen LogP contribution in [0, 0.1) is 20.8 Å². The number of aryl methyl sites for hydroxylation is 3. The number of rotatable bonds is 17. The van der Waals surface area contributed by atoms with Gasteiger partial charge in [0.1, 0.15) is 29.1 Å². The Bertz CT molecular complexity index is 2110. The molecule has 5 rings (SSSR count). The molecule has 0 amide bonds. The SMILES string of the molecule is CCOC(=O)c1ccc2nc(CC)cc(OCc3ccc(-c4cc(C)sc4S(=O)(=O)N(COCCOC)c4noc(C)c4C)c(COC)c3)c2c1. The molecule has 0 saturated heterocycles. The van der Waals surface area contributed by atoms with Crippen molar-refractivity contribution in [3.63, 3.8) is 0 Å².